The lowest BCUT2D eigenvalue weighted by atomic mass is 10.1. The van der Waals surface area contributed by atoms with Crippen LogP contribution in [0, 0.1) is 6.92 Å². The Morgan fingerprint density at radius 2 is 1.78 bits per heavy atom. The quantitative estimate of drug-likeness (QED) is 0.571. The molecule has 1 aliphatic rings. The summed E-state index contributed by atoms with van der Waals surface area (Å²) in [4.78, 5) is 13.9. The average Bonchev–Trinajstić information content (AvgIpc) is 3.32. The Labute approximate surface area is 185 Å². The lowest BCUT2D eigenvalue weighted by Gasteiger charge is -2.25. The number of nitrogens with zero attached hydrogens (tertiary/aromatic N) is 2. The van der Waals surface area contributed by atoms with E-state index in [1.54, 1.807) is 6.92 Å². The molecule has 168 valence electrons. The molecule has 0 saturated carbocycles. The first-order valence-corrected chi connectivity index (χ1v) is 11.7. The second-order valence-electron chi connectivity index (χ2n) is 6.97. The monoisotopic (exact) mass is 483 g/mol. The summed E-state index contributed by atoms with van der Waals surface area (Å²) in [7, 11) is -3.93. The number of hydrogen-bond donors (Lipinski definition) is 1. The normalized spacial score (nSPS) is 17.1. The molecule has 1 fully saturated rings. The van der Waals surface area contributed by atoms with Crippen molar-refractivity contribution in [2.24, 2.45) is 0 Å². The number of hydrogen-bond acceptors (Lipinski definition) is 6. The smallest absolute Gasteiger partial charge is 0.360 e. The fourth-order valence-electron chi connectivity index (χ4n) is 3.18. The van der Waals surface area contributed by atoms with Crippen LogP contribution in [0.2, 0.25) is 0 Å². The summed E-state index contributed by atoms with van der Waals surface area (Å²) in [6, 6.07) is 11.7. The van der Waals surface area contributed by atoms with E-state index in [1.165, 1.54) is 59.1 Å². The zero-order chi connectivity index (χ0) is 23.1. The van der Waals surface area contributed by atoms with Crippen LogP contribution < -0.4 is 9.62 Å². The molecule has 0 aliphatic carbocycles. The second-order valence-corrected chi connectivity index (χ2v) is 9.72. The molecule has 7 nitrogen and oxygen atoms in total. The molecular formula is C20H16F3N3O4S2. The van der Waals surface area contributed by atoms with Crippen LogP contribution >= 0.6 is 11.8 Å². The van der Waals surface area contributed by atoms with Gasteiger partial charge in [0.1, 0.15) is 11.1 Å². The highest BCUT2D eigenvalue weighted by atomic mass is 32.2. The zero-order valence-electron chi connectivity index (χ0n) is 16.5. The Kier molecular flexibility index (Phi) is 5.67. The van der Waals surface area contributed by atoms with Gasteiger partial charge in [-0.2, -0.15) is 13.2 Å². The number of benzene rings is 2. The summed E-state index contributed by atoms with van der Waals surface area (Å²) in [5.74, 6) is 0.405. The van der Waals surface area contributed by atoms with Gasteiger partial charge in [-0.1, -0.05) is 17.3 Å². The summed E-state index contributed by atoms with van der Waals surface area (Å²) in [5, 5.41) is 3.07. The van der Waals surface area contributed by atoms with Gasteiger partial charge in [-0.15, -0.1) is 11.8 Å². The van der Waals surface area contributed by atoms with E-state index in [9.17, 15) is 26.4 Å². The highest BCUT2D eigenvalue weighted by Gasteiger charge is 2.35. The minimum Gasteiger partial charge on any atom is -0.360 e. The number of thioether (sulfide) groups is 1. The summed E-state index contributed by atoms with van der Waals surface area (Å²) in [6.45, 7) is 1.62. The number of carbonyl (C=O) groups is 1. The van der Waals surface area contributed by atoms with Crippen LogP contribution in [0.5, 0.6) is 0 Å². The number of sulfonamides is 1. The summed E-state index contributed by atoms with van der Waals surface area (Å²) in [5.41, 5.74) is 0.196. The van der Waals surface area contributed by atoms with E-state index >= 15 is 0 Å². The van der Waals surface area contributed by atoms with Gasteiger partial charge < -0.3 is 4.52 Å². The Bertz CT molecular complexity index is 1240. The molecular weight excluding hydrogens is 467 g/mol. The summed E-state index contributed by atoms with van der Waals surface area (Å²) < 4.78 is 70.7. The van der Waals surface area contributed by atoms with Gasteiger partial charge in [0, 0.05) is 11.8 Å². The fourth-order valence-corrected chi connectivity index (χ4v) is 5.34. The van der Waals surface area contributed by atoms with Crippen LogP contribution in [0.25, 0.3) is 0 Å². The number of nitrogens with one attached hydrogen (secondary N) is 1. The Hall–Kier alpha value is -2.99. The maximum absolute atomic E-state index is 12.8. The SMILES string of the molecule is Cc1cc(NS(=O)(=O)c2ccc(N3C(=O)CSC3c3ccc(C(F)(F)F)cc3)cc2)no1. The number of halogens is 3. The number of anilines is 2. The predicted molar refractivity (Wildman–Crippen MR) is 113 cm³/mol. The van der Waals surface area contributed by atoms with E-state index in [1.807, 2.05) is 0 Å². The third-order valence-electron chi connectivity index (χ3n) is 4.68. The zero-order valence-corrected chi connectivity index (χ0v) is 18.1. The maximum Gasteiger partial charge on any atom is 0.416 e. The first-order valence-electron chi connectivity index (χ1n) is 9.22. The maximum atomic E-state index is 12.8. The summed E-state index contributed by atoms with van der Waals surface area (Å²) in [6.07, 6.45) is -4.45. The van der Waals surface area contributed by atoms with Gasteiger partial charge in [0.15, 0.2) is 5.82 Å². The molecule has 0 spiro atoms. The summed E-state index contributed by atoms with van der Waals surface area (Å²) >= 11 is 1.28. The predicted octanol–water partition coefficient (Wildman–Crippen LogP) is 4.58. The molecule has 1 saturated heterocycles. The minimum atomic E-state index is -4.45. The number of amides is 1. The molecule has 4 rings (SSSR count). The Morgan fingerprint density at radius 3 is 2.34 bits per heavy atom. The molecule has 32 heavy (non-hydrogen) atoms. The van der Waals surface area contributed by atoms with Crippen LogP contribution in [0.1, 0.15) is 22.3 Å². The van der Waals surface area contributed by atoms with Gasteiger partial charge in [0.2, 0.25) is 5.91 Å². The average molecular weight is 483 g/mol. The third-order valence-corrected chi connectivity index (χ3v) is 7.27. The molecule has 12 heteroatoms. The van der Waals surface area contributed by atoms with Crippen molar-refractivity contribution in [3.05, 3.63) is 71.5 Å². The lowest BCUT2D eigenvalue weighted by Crippen LogP contribution is -2.28. The van der Waals surface area contributed by atoms with Gasteiger partial charge in [0.05, 0.1) is 16.2 Å². The molecule has 2 aromatic carbocycles. The van der Waals surface area contributed by atoms with Crippen LogP contribution in [0.3, 0.4) is 0 Å². The van der Waals surface area contributed by atoms with Gasteiger partial charge >= 0.3 is 6.18 Å². The molecule has 2 heterocycles. The lowest BCUT2D eigenvalue weighted by molar-refractivity contribution is -0.137. The minimum absolute atomic E-state index is 0.0417. The second kappa shape index (κ2) is 8.17. The number of carbonyl (C=O) groups excluding carboxylic acids is 1. The van der Waals surface area contributed by atoms with E-state index in [0.29, 0.717) is 17.0 Å². The first-order chi connectivity index (χ1) is 15.0. The topological polar surface area (TPSA) is 92.5 Å². The number of aryl methyl sites for hydroxylation is 1. The van der Waals surface area contributed by atoms with Crippen molar-refractivity contribution in [2.45, 2.75) is 23.4 Å². The molecule has 0 radical (unpaired) electrons. The van der Waals surface area contributed by atoms with Crippen molar-refractivity contribution >= 4 is 39.2 Å². The molecule has 0 bridgehead atoms. The van der Waals surface area contributed by atoms with Crippen molar-refractivity contribution < 1.29 is 30.9 Å². The first kappa shape index (κ1) is 22.2. The van der Waals surface area contributed by atoms with Crippen LogP contribution in [-0.4, -0.2) is 25.2 Å². The van der Waals surface area contributed by atoms with Crippen molar-refractivity contribution in [1.29, 1.82) is 0 Å². The van der Waals surface area contributed by atoms with Crippen LogP contribution in [0.15, 0.2) is 64.0 Å². The van der Waals surface area contributed by atoms with Gasteiger partial charge in [-0.25, -0.2) is 8.42 Å². The molecule has 1 amide bonds. The molecule has 1 N–H and O–H groups in total. The van der Waals surface area contributed by atoms with Crippen molar-refractivity contribution in [1.82, 2.24) is 5.16 Å². The van der Waals surface area contributed by atoms with E-state index < -0.39 is 27.1 Å². The van der Waals surface area contributed by atoms with Gasteiger partial charge in [0.25, 0.3) is 10.0 Å². The number of alkyl halides is 3. The van der Waals surface area contributed by atoms with E-state index in [4.69, 9.17) is 4.52 Å². The Morgan fingerprint density at radius 1 is 1.12 bits per heavy atom. The highest BCUT2D eigenvalue weighted by Crippen LogP contribution is 2.42. The van der Waals surface area contributed by atoms with Gasteiger partial charge in [-0.3, -0.25) is 14.4 Å². The van der Waals surface area contributed by atoms with E-state index in [0.717, 1.165) is 12.1 Å². The van der Waals surface area contributed by atoms with Crippen molar-refractivity contribution in [3.63, 3.8) is 0 Å². The molecule has 1 aliphatic heterocycles. The highest BCUT2D eigenvalue weighted by molar-refractivity contribution is 8.00. The third kappa shape index (κ3) is 4.46. The number of rotatable bonds is 5. The standard InChI is InChI=1S/C20H16F3N3O4S2/c1-12-10-17(24-30-12)25-32(28,29)16-8-6-15(7-9-16)26-18(27)11-31-19(26)13-2-4-14(5-3-13)20(21,22)23/h2-10,19H,11H2,1H3,(H,24,25). The molecule has 1 unspecified atom stereocenters. The largest absolute Gasteiger partial charge is 0.416 e. The van der Waals surface area contributed by atoms with Crippen molar-refractivity contribution in [2.75, 3.05) is 15.4 Å². The van der Waals surface area contributed by atoms with Crippen molar-refractivity contribution in [3.8, 4) is 0 Å². The van der Waals surface area contributed by atoms with Crippen LogP contribution in [-0.2, 0) is 21.0 Å². The van der Waals surface area contributed by atoms with E-state index in [-0.39, 0.29) is 22.4 Å². The van der Waals surface area contributed by atoms with E-state index in [2.05, 4.69) is 9.88 Å². The van der Waals surface area contributed by atoms with Crippen LogP contribution in [0.4, 0.5) is 24.7 Å². The Balaban J connectivity index is 1.57. The molecule has 3 aromatic rings. The molecule has 1 atom stereocenters. The fraction of sp³-hybridized carbons (Fsp3) is 0.200. The van der Waals surface area contributed by atoms with Gasteiger partial charge in [-0.05, 0) is 48.9 Å². The molecule has 1 aromatic heterocycles. The number of aromatic nitrogens is 1.